The van der Waals surface area contributed by atoms with Gasteiger partial charge < -0.3 is 19.7 Å². The third-order valence-electron chi connectivity index (χ3n) is 4.98. The minimum Gasteiger partial charge on any atom is -0.454 e. The molecule has 172 valence electrons. The van der Waals surface area contributed by atoms with Gasteiger partial charge in [0.15, 0.2) is 11.5 Å². The van der Waals surface area contributed by atoms with Crippen LogP contribution in [0.1, 0.15) is 12.5 Å². The minimum absolute atomic E-state index is 0.0423. The molecular weight excluding hydrogens is 502 g/mol. The Morgan fingerprint density at radius 3 is 2.53 bits per heavy atom. The summed E-state index contributed by atoms with van der Waals surface area (Å²) in [6.45, 7) is 1.29. The van der Waals surface area contributed by atoms with Crippen LogP contribution in [0.15, 0.2) is 46.9 Å². The molecule has 32 heavy (non-hydrogen) atoms. The first-order chi connectivity index (χ1) is 15.1. The number of likely N-dealkylation sites (N-methyl/N-ethyl adjacent to an activating group) is 1. The standard InChI is InChI=1S/C21H24BrN3O6S/c1-14(21(27)23-2)24(11-15-5-4-6-16(22)9-15)20(26)12-25(32(3,28)29)17-7-8-18-19(10-17)31-13-30-18/h4-10,14H,11-13H2,1-3H3,(H,23,27)/t14-/m0/s1. The molecule has 2 aromatic carbocycles. The molecule has 0 saturated carbocycles. The monoisotopic (exact) mass is 525 g/mol. The summed E-state index contributed by atoms with van der Waals surface area (Å²) in [7, 11) is -2.33. The lowest BCUT2D eigenvalue weighted by Crippen LogP contribution is -2.50. The number of hydrogen-bond donors (Lipinski definition) is 1. The van der Waals surface area contributed by atoms with Crippen LogP contribution in [0.4, 0.5) is 5.69 Å². The molecule has 0 spiro atoms. The Balaban J connectivity index is 1.91. The van der Waals surface area contributed by atoms with E-state index < -0.39 is 28.5 Å². The van der Waals surface area contributed by atoms with Crippen molar-refractivity contribution in [3.63, 3.8) is 0 Å². The molecule has 9 nitrogen and oxygen atoms in total. The number of nitrogens with zero attached hydrogens (tertiary/aromatic N) is 2. The molecule has 0 radical (unpaired) electrons. The molecule has 1 heterocycles. The number of benzene rings is 2. The summed E-state index contributed by atoms with van der Waals surface area (Å²) in [5.41, 5.74) is 1.05. The Bertz CT molecular complexity index is 1120. The van der Waals surface area contributed by atoms with Crippen LogP contribution in [0.5, 0.6) is 11.5 Å². The number of carbonyl (C=O) groups is 2. The average Bonchev–Trinajstić information content (AvgIpc) is 3.21. The fourth-order valence-electron chi connectivity index (χ4n) is 3.28. The molecule has 0 fully saturated rings. The molecule has 0 unspecified atom stereocenters. The number of sulfonamides is 1. The van der Waals surface area contributed by atoms with Crippen molar-refractivity contribution in [1.29, 1.82) is 0 Å². The Morgan fingerprint density at radius 1 is 1.16 bits per heavy atom. The molecule has 0 aromatic heterocycles. The molecule has 3 rings (SSSR count). The predicted molar refractivity (Wildman–Crippen MR) is 123 cm³/mol. The Labute approximate surface area is 195 Å². The molecule has 2 amide bonds. The largest absolute Gasteiger partial charge is 0.454 e. The SMILES string of the molecule is CNC(=O)[C@H](C)N(Cc1cccc(Br)c1)C(=O)CN(c1ccc2c(c1)OCO2)S(C)(=O)=O. The molecular formula is C21H24BrN3O6S. The van der Waals surface area contributed by atoms with Gasteiger partial charge in [-0.3, -0.25) is 13.9 Å². The molecule has 1 N–H and O–H groups in total. The Kier molecular flexibility index (Phi) is 7.29. The molecule has 0 saturated heterocycles. The van der Waals surface area contributed by atoms with E-state index in [1.54, 1.807) is 19.1 Å². The summed E-state index contributed by atoms with van der Waals surface area (Å²) < 4.78 is 37.5. The van der Waals surface area contributed by atoms with Crippen LogP contribution in [0, 0.1) is 0 Å². The van der Waals surface area contributed by atoms with Crippen LogP contribution in [-0.2, 0) is 26.2 Å². The van der Waals surface area contributed by atoms with E-state index in [0.717, 1.165) is 20.6 Å². The number of nitrogens with one attached hydrogen (secondary N) is 1. The summed E-state index contributed by atoms with van der Waals surface area (Å²) in [6, 6.07) is 11.2. The molecule has 11 heteroatoms. The molecule has 1 atom stereocenters. The van der Waals surface area contributed by atoms with E-state index >= 15 is 0 Å². The lowest BCUT2D eigenvalue weighted by Gasteiger charge is -2.31. The number of anilines is 1. The van der Waals surface area contributed by atoms with Gasteiger partial charge >= 0.3 is 0 Å². The number of rotatable bonds is 8. The first kappa shape index (κ1) is 23.9. The Morgan fingerprint density at radius 2 is 1.88 bits per heavy atom. The van der Waals surface area contributed by atoms with Gasteiger partial charge in [0, 0.05) is 24.1 Å². The van der Waals surface area contributed by atoms with E-state index in [-0.39, 0.29) is 24.9 Å². The zero-order valence-corrected chi connectivity index (χ0v) is 20.3. The summed E-state index contributed by atoms with van der Waals surface area (Å²) in [5.74, 6) is 0.0119. The van der Waals surface area contributed by atoms with Crippen molar-refractivity contribution in [2.24, 2.45) is 0 Å². The third kappa shape index (κ3) is 5.52. The van der Waals surface area contributed by atoms with Crippen LogP contribution in [-0.4, -0.2) is 57.8 Å². The van der Waals surface area contributed by atoms with Crippen molar-refractivity contribution in [2.75, 3.05) is 30.9 Å². The fourth-order valence-corrected chi connectivity index (χ4v) is 4.57. The van der Waals surface area contributed by atoms with E-state index in [4.69, 9.17) is 9.47 Å². The highest BCUT2D eigenvalue weighted by molar-refractivity contribution is 9.10. The Hall–Kier alpha value is -2.79. The van der Waals surface area contributed by atoms with Gasteiger partial charge in [0.25, 0.3) is 0 Å². The van der Waals surface area contributed by atoms with Gasteiger partial charge in [-0.05, 0) is 36.8 Å². The zero-order valence-electron chi connectivity index (χ0n) is 17.9. The highest BCUT2D eigenvalue weighted by Crippen LogP contribution is 2.36. The lowest BCUT2D eigenvalue weighted by molar-refractivity contribution is -0.139. The molecule has 2 aromatic rings. The first-order valence-electron chi connectivity index (χ1n) is 9.73. The lowest BCUT2D eigenvalue weighted by atomic mass is 10.1. The summed E-state index contributed by atoms with van der Waals surface area (Å²) in [6.07, 6.45) is 1.02. The zero-order chi connectivity index (χ0) is 23.5. The second-order valence-electron chi connectivity index (χ2n) is 7.25. The van der Waals surface area contributed by atoms with Crippen molar-refractivity contribution in [2.45, 2.75) is 19.5 Å². The number of hydrogen-bond acceptors (Lipinski definition) is 6. The maximum Gasteiger partial charge on any atom is 0.244 e. The smallest absolute Gasteiger partial charge is 0.244 e. The van der Waals surface area contributed by atoms with E-state index in [2.05, 4.69) is 21.2 Å². The number of amides is 2. The van der Waals surface area contributed by atoms with Gasteiger partial charge in [0.2, 0.25) is 28.6 Å². The molecule has 0 aliphatic carbocycles. The quantitative estimate of drug-likeness (QED) is 0.565. The summed E-state index contributed by atoms with van der Waals surface area (Å²) in [5, 5.41) is 2.54. The van der Waals surface area contributed by atoms with E-state index in [1.807, 2.05) is 24.3 Å². The number of fused-ring (bicyclic) bond motifs is 1. The van der Waals surface area contributed by atoms with Crippen molar-refractivity contribution < 1.29 is 27.5 Å². The minimum atomic E-state index is -3.81. The van der Waals surface area contributed by atoms with Gasteiger partial charge in [0.05, 0.1) is 11.9 Å². The maximum atomic E-state index is 13.3. The van der Waals surface area contributed by atoms with E-state index in [9.17, 15) is 18.0 Å². The summed E-state index contributed by atoms with van der Waals surface area (Å²) >= 11 is 3.40. The van der Waals surface area contributed by atoms with Gasteiger partial charge in [-0.1, -0.05) is 28.1 Å². The third-order valence-corrected chi connectivity index (χ3v) is 6.61. The predicted octanol–water partition coefficient (Wildman–Crippen LogP) is 2.11. The van der Waals surface area contributed by atoms with Crippen molar-refractivity contribution in [1.82, 2.24) is 10.2 Å². The topological polar surface area (TPSA) is 105 Å². The summed E-state index contributed by atoms with van der Waals surface area (Å²) in [4.78, 5) is 27.0. The van der Waals surface area contributed by atoms with Gasteiger partial charge in [-0.15, -0.1) is 0 Å². The molecule has 1 aliphatic heterocycles. The number of halogens is 1. The van der Waals surface area contributed by atoms with Gasteiger partial charge in [-0.2, -0.15) is 0 Å². The average molecular weight is 526 g/mol. The second kappa shape index (κ2) is 9.78. The normalized spacial score (nSPS) is 13.4. The molecule has 1 aliphatic rings. The number of carbonyl (C=O) groups excluding carboxylic acids is 2. The fraction of sp³-hybridized carbons (Fsp3) is 0.333. The van der Waals surface area contributed by atoms with Crippen LogP contribution in [0.3, 0.4) is 0 Å². The highest BCUT2D eigenvalue weighted by atomic mass is 79.9. The number of ether oxygens (including phenoxy) is 2. The van der Waals surface area contributed by atoms with Gasteiger partial charge in [0.1, 0.15) is 12.6 Å². The van der Waals surface area contributed by atoms with Gasteiger partial charge in [-0.25, -0.2) is 8.42 Å². The van der Waals surface area contributed by atoms with Crippen molar-refractivity contribution in [3.05, 3.63) is 52.5 Å². The maximum absolute atomic E-state index is 13.3. The van der Waals surface area contributed by atoms with E-state index in [1.165, 1.54) is 18.0 Å². The van der Waals surface area contributed by atoms with Crippen LogP contribution in [0.2, 0.25) is 0 Å². The van der Waals surface area contributed by atoms with E-state index in [0.29, 0.717) is 11.5 Å². The van der Waals surface area contributed by atoms with Crippen LogP contribution in [0.25, 0.3) is 0 Å². The van der Waals surface area contributed by atoms with Crippen LogP contribution >= 0.6 is 15.9 Å². The van der Waals surface area contributed by atoms with Crippen LogP contribution < -0.4 is 19.1 Å². The highest BCUT2D eigenvalue weighted by Gasteiger charge is 2.30. The second-order valence-corrected chi connectivity index (χ2v) is 10.1. The first-order valence-corrected chi connectivity index (χ1v) is 12.4. The molecule has 0 bridgehead atoms. The van der Waals surface area contributed by atoms with Crippen molar-refractivity contribution >= 4 is 43.5 Å². The van der Waals surface area contributed by atoms with Crippen molar-refractivity contribution in [3.8, 4) is 11.5 Å².